The molecule has 2 fully saturated rings. The lowest BCUT2D eigenvalue weighted by atomic mass is 10.0. The standard InChI is InChI=1S/C12H22N2O/c1-9-10(15)14(11(2,3)4)8-12(5-6-12)7-13-9/h9,13H,5-8H2,1-4H3. The minimum absolute atomic E-state index is 0.0239. The van der Waals surface area contributed by atoms with E-state index >= 15 is 0 Å². The van der Waals surface area contributed by atoms with Crippen molar-refractivity contribution in [3.05, 3.63) is 0 Å². The number of carbonyl (C=O) groups excluding carboxylic acids is 1. The van der Waals surface area contributed by atoms with Crippen LogP contribution < -0.4 is 5.32 Å². The molecule has 1 N–H and O–H groups in total. The van der Waals surface area contributed by atoms with Gasteiger partial charge in [0.1, 0.15) is 0 Å². The molecule has 2 aliphatic rings. The van der Waals surface area contributed by atoms with Crippen molar-refractivity contribution in [2.75, 3.05) is 13.1 Å². The van der Waals surface area contributed by atoms with Gasteiger partial charge in [-0.2, -0.15) is 0 Å². The third-order valence-electron chi connectivity index (χ3n) is 3.68. The Morgan fingerprint density at radius 2 is 2.00 bits per heavy atom. The van der Waals surface area contributed by atoms with Gasteiger partial charge >= 0.3 is 0 Å². The molecule has 86 valence electrons. The predicted octanol–water partition coefficient (Wildman–Crippen LogP) is 1.39. The Kier molecular flexibility index (Phi) is 2.34. The number of amides is 1. The minimum Gasteiger partial charge on any atom is -0.336 e. The molecule has 1 aliphatic heterocycles. The molecule has 0 aromatic heterocycles. The van der Waals surface area contributed by atoms with Gasteiger partial charge in [0.2, 0.25) is 5.91 Å². The molecule has 3 heteroatoms. The highest BCUT2D eigenvalue weighted by Gasteiger charge is 2.49. The molecular weight excluding hydrogens is 188 g/mol. The Hall–Kier alpha value is -0.570. The lowest BCUT2D eigenvalue weighted by Gasteiger charge is -2.37. The van der Waals surface area contributed by atoms with E-state index in [1.807, 2.05) is 6.92 Å². The van der Waals surface area contributed by atoms with Crippen molar-refractivity contribution < 1.29 is 4.79 Å². The average molecular weight is 210 g/mol. The summed E-state index contributed by atoms with van der Waals surface area (Å²) in [6.45, 7) is 10.3. The van der Waals surface area contributed by atoms with E-state index in [0.717, 1.165) is 13.1 Å². The normalized spacial score (nSPS) is 30.5. The molecule has 1 saturated heterocycles. The monoisotopic (exact) mass is 210 g/mol. The molecule has 0 aromatic rings. The van der Waals surface area contributed by atoms with Crippen molar-refractivity contribution in [2.45, 2.75) is 52.1 Å². The molecule has 1 atom stereocenters. The first-order valence-electron chi connectivity index (χ1n) is 5.89. The van der Waals surface area contributed by atoms with E-state index in [-0.39, 0.29) is 17.5 Å². The van der Waals surface area contributed by atoms with Crippen molar-refractivity contribution >= 4 is 5.91 Å². The summed E-state index contributed by atoms with van der Waals surface area (Å²) in [5, 5.41) is 3.36. The lowest BCUT2D eigenvalue weighted by Crippen LogP contribution is -2.51. The number of hydrogen-bond acceptors (Lipinski definition) is 2. The first-order valence-corrected chi connectivity index (χ1v) is 5.89. The maximum atomic E-state index is 12.2. The quantitative estimate of drug-likeness (QED) is 0.655. The minimum atomic E-state index is -0.0487. The Morgan fingerprint density at radius 3 is 2.47 bits per heavy atom. The molecule has 1 amide bonds. The summed E-state index contributed by atoms with van der Waals surface area (Å²) in [5.74, 6) is 0.256. The molecular formula is C12H22N2O. The van der Waals surface area contributed by atoms with Crippen LogP contribution in [0.3, 0.4) is 0 Å². The first-order chi connectivity index (χ1) is 6.84. The van der Waals surface area contributed by atoms with Crippen LogP contribution in [0.1, 0.15) is 40.5 Å². The van der Waals surface area contributed by atoms with Gasteiger partial charge in [-0.1, -0.05) is 0 Å². The summed E-state index contributed by atoms with van der Waals surface area (Å²) in [6, 6.07) is -0.0239. The van der Waals surface area contributed by atoms with Gasteiger partial charge in [0.25, 0.3) is 0 Å². The third-order valence-corrected chi connectivity index (χ3v) is 3.68. The van der Waals surface area contributed by atoms with Crippen LogP contribution >= 0.6 is 0 Å². The van der Waals surface area contributed by atoms with Crippen molar-refractivity contribution in [2.24, 2.45) is 5.41 Å². The second-order valence-electron chi connectivity index (χ2n) is 6.20. The van der Waals surface area contributed by atoms with Crippen LogP contribution in [0.4, 0.5) is 0 Å². The summed E-state index contributed by atoms with van der Waals surface area (Å²) < 4.78 is 0. The van der Waals surface area contributed by atoms with E-state index in [9.17, 15) is 4.79 Å². The highest BCUT2D eigenvalue weighted by atomic mass is 16.2. The van der Waals surface area contributed by atoms with Crippen molar-refractivity contribution in [3.63, 3.8) is 0 Å². The van der Waals surface area contributed by atoms with Crippen LogP contribution in [0.5, 0.6) is 0 Å². The van der Waals surface area contributed by atoms with E-state index in [4.69, 9.17) is 0 Å². The molecule has 0 aromatic carbocycles. The van der Waals surface area contributed by atoms with Gasteiger partial charge in [0.15, 0.2) is 0 Å². The number of hydrogen-bond donors (Lipinski definition) is 1. The number of nitrogens with one attached hydrogen (secondary N) is 1. The molecule has 1 aliphatic carbocycles. The zero-order valence-electron chi connectivity index (χ0n) is 10.3. The van der Waals surface area contributed by atoms with Crippen LogP contribution in [0.15, 0.2) is 0 Å². The SMILES string of the molecule is CC1NCC2(CC2)CN(C(C)(C)C)C1=O. The summed E-state index contributed by atoms with van der Waals surface area (Å²) in [7, 11) is 0. The molecule has 2 rings (SSSR count). The molecule has 15 heavy (non-hydrogen) atoms. The Balaban J connectivity index is 2.21. The zero-order valence-corrected chi connectivity index (χ0v) is 10.3. The van der Waals surface area contributed by atoms with Gasteiger partial charge in [-0.15, -0.1) is 0 Å². The molecule has 1 heterocycles. The highest BCUT2D eigenvalue weighted by molar-refractivity contribution is 5.82. The number of rotatable bonds is 0. The second-order valence-corrected chi connectivity index (χ2v) is 6.20. The fraction of sp³-hybridized carbons (Fsp3) is 0.917. The van der Waals surface area contributed by atoms with Crippen molar-refractivity contribution in [1.82, 2.24) is 10.2 Å². The van der Waals surface area contributed by atoms with E-state index in [1.54, 1.807) is 0 Å². The smallest absolute Gasteiger partial charge is 0.239 e. The predicted molar refractivity (Wildman–Crippen MR) is 60.6 cm³/mol. The highest BCUT2D eigenvalue weighted by Crippen LogP contribution is 2.47. The fourth-order valence-corrected chi connectivity index (χ4v) is 2.24. The molecule has 1 spiro atoms. The largest absolute Gasteiger partial charge is 0.336 e. The van der Waals surface area contributed by atoms with Crippen molar-refractivity contribution in [1.29, 1.82) is 0 Å². The van der Waals surface area contributed by atoms with Crippen LogP contribution in [0, 0.1) is 5.41 Å². The van der Waals surface area contributed by atoms with Crippen LogP contribution in [0.25, 0.3) is 0 Å². The average Bonchev–Trinajstić information content (AvgIpc) is 2.89. The molecule has 1 unspecified atom stereocenters. The van der Waals surface area contributed by atoms with Gasteiger partial charge in [-0.25, -0.2) is 0 Å². The lowest BCUT2D eigenvalue weighted by molar-refractivity contribution is -0.137. The van der Waals surface area contributed by atoms with Crippen molar-refractivity contribution in [3.8, 4) is 0 Å². The number of carbonyl (C=O) groups is 1. The van der Waals surface area contributed by atoms with Gasteiger partial charge in [-0.3, -0.25) is 4.79 Å². The fourth-order valence-electron chi connectivity index (χ4n) is 2.24. The maximum absolute atomic E-state index is 12.2. The molecule has 3 nitrogen and oxygen atoms in total. The van der Waals surface area contributed by atoms with E-state index in [1.165, 1.54) is 12.8 Å². The molecule has 0 radical (unpaired) electrons. The number of nitrogens with zero attached hydrogens (tertiary/aromatic N) is 1. The summed E-state index contributed by atoms with van der Waals surface area (Å²) in [6.07, 6.45) is 2.54. The first kappa shape index (κ1) is 10.9. The summed E-state index contributed by atoms with van der Waals surface area (Å²) >= 11 is 0. The van der Waals surface area contributed by atoms with E-state index in [0.29, 0.717) is 5.41 Å². The Bertz CT molecular complexity index is 276. The van der Waals surface area contributed by atoms with Gasteiger partial charge in [0.05, 0.1) is 6.04 Å². The molecule has 0 bridgehead atoms. The van der Waals surface area contributed by atoms with Crippen LogP contribution in [-0.4, -0.2) is 35.5 Å². The molecule has 1 saturated carbocycles. The topological polar surface area (TPSA) is 32.3 Å². The van der Waals surface area contributed by atoms with Crippen LogP contribution in [0.2, 0.25) is 0 Å². The van der Waals surface area contributed by atoms with Crippen LogP contribution in [-0.2, 0) is 4.79 Å². The summed E-state index contributed by atoms with van der Waals surface area (Å²) in [4.78, 5) is 14.2. The summed E-state index contributed by atoms with van der Waals surface area (Å²) in [5.41, 5.74) is 0.348. The van der Waals surface area contributed by atoms with Gasteiger partial charge < -0.3 is 10.2 Å². The maximum Gasteiger partial charge on any atom is 0.239 e. The van der Waals surface area contributed by atoms with Gasteiger partial charge in [-0.05, 0) is 40.5 Å². The Morgan fingerprint density at radius 1 is 1.40 bits per heavy atom. The van der Waals surface area contributed by atoms with Gasteiger partial charge in [0, 0.05) is 24.0 Å². The second kappa shape index (κ2) is 3.21. The third kappa shape index (κ3) is 2.03. The van der Waals surface area contributed by atoms with E-state index in [2.05, 4.69) is 31.0 Å². The van der Waals surface area contributed by atoms with E-state index < -0.39 is 0 Å². The Labute approximate surface area is 92.2 Å². The zero-order chi connectivity index (χ0) is 11.3.